The van der Waals surface area contributed by atoms with Gasteiger partial charge in [0.1, 0.15) is 0 Å². The van der Waals surface area contributed by atoms with Crippen molar-refractivity contribution < 1.29 is 0 Å². The first-order valence-corrected chi connectivity index (χ1v) is 4.85. The van der Waals surface area contributed by atoms with Crippen LogP contribution in [-0.2, 0) is 0 Å². The fourth-order valence-electron chi connectivity index (χ4n) is 0.911. The largest absolute Gasteiger partial charge is 0.0817 e. The zero-order chi connectivity index (χ0) is 7.78. The van der Waals surface area contributed by atoms with E-state index in [0.717, 1.165) is 6.42 Å². The van der Waals surface area contributed by atoms with Crippen LogP contribution in [0.4, 0.5) is 0 Å². The van der Waals surface area contributed by atoms with E-state index in [0.29, 0.717) is 0 Å². The Kier molecular flexibility index (Phi) is 2.41. The molecule has 0 amide bonds. The van der Waals surface area contributed by atoms with E-state index in [2.05, 4.69) is 57.9 Å². The molecular formula is C8H10Br2. The van der Waals surface area contributed by atoms with Gasteiger partial charge < -0.3 is 0 Å². The summed E-state index contributed by atoms with van der Waals surface area (Å²) < 4.78 is 1.37. The number of allylic oxidation sites excluding steroid dienone is 4. The van der Waals surface area contributed by atoms with E-state index in [1.165, 1.54) is 10.1 Å². The van der Waals surface area contributed by atoms with E-state index in [-0.39, 0.29) is 4.32 Å². The minimum atomic E-state index is 0.167. The topological polar surface area (TPSA) is 0 Å². The van der Waals surface area contributed by atoms with Crippen molar-refractivity contribution in [1.29, 1.82) is 0 Å². The Balaban J connectivity index is 2.99. The summed E-state index contributed by atoms with van der Waals surface area (Å²) in [5.41, 5.74) is 1.37. The lowest BCUT2D eigenvalue weighted by Gasteiger charge is -2.25. The minimum absolute atomic E-state index is 0.167. The first-order chi connectivity index (χ1) is 4.54. The molecule has 0 aromatic carbocycles. The quantitative estimate of drug-likeness (QED) is 0.585. The fourth-order valence-corrected chi connectivity index (χ4v) is 2.20. The Bertz CT molecular complexity index is 199. The van der Waals surface area contributed by atoms with Gasteiger partial charge in [0.15, 0.2) is 0 Å². The van der Waals surface area contributed by atoms with Crippen molar-refractivity contribution in [2.45, 2.75) is 24.6 Å². The lowest BCUT2D eigenvalue weighted by atomic mass is 9.95. The normalized spacial score (nSPS) is 33.2. The highest BCUT2D eigenvalue weighted by atomic mass is 79.9. The van der Waals surface area contributed by atoms with E-state index >= 15 is 0 Å². The van der Waals surface area contributed by atoms with Gasteiger partial charge in [-0.1, -0.05) is 44.0 Å². The van der Waals surface area contributed by atoms with Gasteiger partial charge in [0.25, 0.3) is 0 Å². The molecule has 0 fully saturated rings. The van der Waals surface area contributed by atoms with Crippen molar-refractivity contribution in [2.75, 3.05) is 0 Å². The lowest BCUT2D eigenvalue weighted by molar-refractivity contribution is 0.760. The molecule has 0 spiro atoms. The number of alkyl halides is 1. The number of rotatable bonds is 0. The average molecular weight is 266 g/mol. The predicted molar refractivity (Wildman–Crippen MR) is 52.7 cm³/mol. The van der Waals surface area contributed by atoms with Crippen LogP contribution in [0.1, 0.15) is 20.3 Å². The maximum absolute atomic E-state index is 3.66. The van der Waals surface area contributed by atoms with Gasteiger partial charge in [0.05, 0.1) is 0 Å². The second-order valence-corrected chi connectivity index (χ2v) is 5.38. The van der Waals surface area contributed by atoms with Crippen LogP contribution in [0.15, 0.2) is 22.2 Å². The molecule has 0 N–H and O–H groups in total. The standard InChI is InChI=1S/C8H10Br2/c1-6-7(9)4-3-5-8(6,2)10/h3-4H,5H2,1-2H3. The molecular weight excluding hydrogens is 256 g/mol. The minimum Gasteiger partial charge on any atom is -0.0817 e. The summed E-state index contributed by atoms with van der Waals surface area (Å²) in [6, 6.07) is 0. The summed E-state index contributed by atoms with van der Waals surface area (Å²) >= 11 is 7.15. The molecule has 0 aromatic heterocycles. The van der Waals surface area contributed by atoms with E-state index in [1.807, 2.05) is 0 Å². The number of halogens is 2. The molecule has 0 bridgehead atoms. The summed E-state index contributed by atoms with van der Waals surface area (Å²) in [7, 11) is 0. The molecule has 1 rings (SSSR count). The average Bonchev–Trinajstić information content (AvgIpc) is 1.83. The first-order valence-electron chi connectivity index (χ1n) is 3.26. The van der Waals surface area contributed by atoms with Gasteiger partial charge in [-0.25, -0.2) is 0 Å². The smallest absolute Gasteiger partial charge is 0.0483 e. The summed E-state index contributed by atoms with van der Waals surface area (Å²) in [4.78, 5) is 0. The Hall–Kier alpha value is 0.440. The van der Waals surface area contributed by atoms with E-state index < -0.39 is 0 Å². The summed E-state index contributed by atoms with van der Waals surface area (Å²) in [5.74, 6) is 0. The predicted octanol–water partition coefficient (Wildman–Crippen LogP) is 3.77. The molecule has 2 heteroatoms. The number of hydrogen-bond acceptors (Lipinski definition) is 0. The molecule has 10 heavy (non-hydrogen) atoms. The van der Waals surface area contributed by atoms with E-state index in [1.54, 1.807) is 0 Å². The summed E-state index contributed by atoms with van der Waals surface area (Å²) in [5, 5.41) is 0. The summed E-state index contributed by atoms with van der Waals surface area (Å²) in [6.07, 6.45) is 5.36. The van der Waals surface area contributed by atoms with Gasteiger partial charge in [0, 0.05) is 8.81 Å². The molecule has 0 saturated heterocycles. The van der Waals surface area contributed by atoms with Crippen molar-refractivity contribution in [1.82, 2.24) is 0 Å². The van der Waals surface area contributed by atoms with Crippen molar-refractivity contribution in [3.63, 3.8) is 0 Å². The highest BCUT2D eigenvalue weighted by molar-refractivity contribution is 9.12. The molecule has 1 aliphatic carbocycles. The Morgan fingerprint density at radius 3 is 2.60 bits per heavy atom. The molecule has 1 atom stereocenters. The summed E-state index contributed by atoms with van der Waals surface area (Å²) in [6.45, 7) is 4.33. The van der Waals surface area contributed by atoms with Gasteiger partial charge in [-0.2, -0.15) is 0 Å². The third-order valence-electron chi connectivity index (χ3n) is 1.91. The molecule has 0 aliphatic heterocycles. The van der Waals surface area contributed by atoms with Gasteiger partial charge in [-0.15, -0.1) is 0 Å². The first kappa shape index (κ1) is 8.54. The van der Waals surface area contributed by atoms with Gasteiger partial charge >= 0.3 is 0 Å². The molecule has 1 unspecified atom stereocenters. The van der Waals surface area contributed by atoms with Gasteiger partial charge in [-0.05, 0) is 25.8 Å². The second kappa shape index (κ2) is 2.82. The van der Waals surface area contributed by atoms with Crippen LogP contribution < -0.4 is 0 Å². The van der Waals surface area contributed by atoms with Crippen molar-refractivity contribution in [2.24, 2.45) is 0 Å². The van der Waals surface area contributed by atoms with Crippen LogP contribution in [0, 0.1) is 0 Å². The lowest BCUT2D eigenvalue weighted by Crippen LogP contribution is -2.18. The van der Waals surface area contributed by atoms with Crippen LogP contribution in [0.5, 0.6) is 0 Å². The Labute approximate surface area is 78.6 Å². The highest BCUT2D eigenvalue weighted by Crippen LogP contribution is 2.38. The van der Waals surface area contributed by atoms with Crippen molar-refractivity contribution >= 4 is 31.9 Å². The van der Waals surface area contributed by atoms with Crippen LogP contribution in [-0.4, -0.2) is 4.32 Å². The molecule has 0 radical (unpaired) electrons. The van der Waals surface area contributed by atoms with E-state index in [4.69, 9.17) is 0 Å². The molecule has 0 saturated carbocycles. The molecule has 0 nitrogen and oxygen atoms in total. The fraction of sp³-hybridized carbons (Fsp3) is 0.500. The van der Waals surface area contributed by atoms with Crippen molar-refractivity contribution in [3.05, 3.63) is 22.2 Å². The SMILES string of the molecule is CC1=C(Br)C=CCC1(C)Br. The van der Waals surface area contributed by atoms with Crippen LogP contribution in [0.2, 0.25) is 0 Å². The Morgan fingerprint density at radius 1 is 1.60 bits per heavy atom. The molecule has 56 valence electrons. The van der Waals surface area contributed by atoms with Crippen LogP contribution >= 0.6 is 31.9 Å². The van der Waals surface area contributed by atoms with Gasteiger partial charge in [0.2, 0.25) is 0 Å². The molecule has 1 aliphatic rings. The van der Waals surface area contributed by atoms with Crippen LogP contribution in [0.25, 0.3) is 0 Å². The maximum Gasteiger partial charge on any atom is 0.0483 e. The third kappa shape index (κ3) is 1.54. The number of hydrogen-bond donors (Lipinski definition) is 0. The zero-order valence-electron chi connectivity index (χ0n) is 6.12. The molecule has 0 aromatic rings. The van der Waals surface area contributed by atoms with Crippen LogP contribution in [0.3, 0.4) is 0 Å². The highest BCUT2D eigenvalue weighted by Gasteiger charge is 2.24. The van der Waals surface area contributed by atoms with E-state index in [9.17, 15) is 0 Å². The monoisotopic (exact) mass is 264 g/mol. The van der Waals surface area contributed by atoms with Gasteiger partial charge in [-0.3, -0.25) is 0 Å². The second-order valence-electron chi connectivity index (χ2n) is 2.78. The Morgan fingerprint density at radius 2 is 2.20 bits per heavy atom. The maximum atomic E-state index is 3.66. The zero-order valence-corrected chi connectivity index (χ0v) is 9.29. The third-order valence-corrected chi connectivity index (χ3v) is 3.68. The molecule has 0 heterocycles. The van der Waals surface area contributed by atoms with Crippen molar-refractivity contribution in [3.8, 4) is 0 Å².